The Balaban J connectivity index is 1.88. The molecule has 5 N–H and O–H groups in total. The molecule has 0 bridgehead atoms. The number of nitrogens with two attached hydrogens (primary N) is 1. The SMILES string of the molecule is CC(C)(ON=C(C(=O)N[C@@H]1C(=O)N(S(=O)(=O)O)[C@H]1Cn1cnnc1)c1csc(N)n1)C(=O)O. The molecule has 2 aromatic heterocycles. The van der Waals surface area contributed by atoms with Crippen LogP contribution in [0.3, 0.4) is 0 Å². The minimum absolute atomic E-state index is 0.0649. The highest BCUT2D eigenvalue weighted by molar-refractivity contribution is 7.84. The highest BCUT2D eigenvalue weighted by Gasteiger charge is 2.54. The first-order valence-electron chi connectivity index (χ1n) is 8.96. The summed E-state index contributed by atoms with van der Waals surface area (Å²) in [4.78, 5) is 45.5. The van der Waals surface area contributed by atoms with Gasteiger partial charge in [0.15, 0.2) is 10.8 Å². The standard InChI is InChI=1S/C15H18N8O8S2/c1-15(2,13(26)27)31-21-9(7-4-32-14(16)19-7)11(24)20-10-8(3-22-5-17-18-6-22)23(12(10)25)33(28,29)30/h4-6,8,10H,3H2,1-2H3,(H2,16,19)(H,20,24)(H,26,27)(H,28,29,30)/t8-,10-/m0/s1. The largest absolute Gasteiger partial charge is 0.478 e. The van der Waals surface area contributed by atoms with E-state index < -0.39 is 51.5 Å². The van der Waals surface area contributed by atoms with E-state index in [1.807, 2.05) is 0 Å². The molecule has 0 aliphatic carbocycles. The molecule has 1 fully saturated rings. The summed E-state index contributed by atoms with van der Waals surface area (Å²) in [5, 5.41) is 23.7. The first-order valence-corrected chi connectivity index (χ1v) is 11.2. The van der Waals surface area contributed by atoms with E-state index in [0.29, 0.717) is 0 Å². The number of amides is 2. The Labute approximate surface area is 189 Å². The van der Waals surface area contributed by atoms with E-state index in [1.165, 1.54) is 36.4 Å². The first kappa shape index (κ1) is 24.0. The van der Waals surface area contributed by atoms with Crippen LogP contribution < -0.4 is 11.1 Å². The Morgan fingerprint density at radius 2 is 2.00 bits per heavy atom. The summed E-state index contributed by atoms with van der Waals surface area (Å²) in [7, 11) is -4.91. The van der Waals surface area contributed by atoms with Crippen molar-refractivity contribution in [1.82, 2.24) is 29.4 Å². The number of nitrogens with one attached hydrogen (secondary N) is 1. The molecule has 1 saturated heterocycles. The lowest BCUT2D eigenvalue weighted by Gasteiger charge is -2.44. The second-order valence-electron chi connectivity index (χ2n) is 7.21. The third-order valence-electron chi connectivity index (χ3n) is 4.43. The second kappa shape index (κ2) is 8.71. The molecule has 0 unspecified atom stereocenters. The molecule has 2 amide bonds. The minimum Gasteiger partial charge on any atom is -0.478 e. The number of aliphatic carboxylic acids is 1. The van der Waals surface area contributed by atoms with Gasteiger partial charge in [-0.05, 0) is 13.8 Å². The van der Waals surface area contributed by atoms with E-state index >= 15 is 0 Å². The molecule has 3 rings (SSSR count). The number of oxime groups is 1. The van der Waals surface area contributed by atoms with Crippen LogP contribution in [0.2, 0.25) is 0 Å². The van der Waals surface area contributed by atoms with Crippen LogP contribution in [0, 0.1) is 0 Å². The Morgan fingerprint density at radius 1 is 1.36 bits per heavy atom. The molecule has 1 aliphatic rings. The Hall–Kier alpha value is -3.64. The number of carbonyl (C=O) groups is 3. The number of thiazole rings is 1. The molecule has 178 valence electrons. The Bertz CT molecular complexity index is 1210. The van der Waals surface area contributed by atoms with Gasteiger partial charge >= 0.3 is 16.3 Å². The number of anilines is 1. The van der Waals surface area contributed by atoms with Crippen LogP contribution >= 0.6 is 11.3 Å². The minimum atomic E-state index is -4.91. The molecule has 2 aromatic rings. The van der Waals surface area contributed by atoms with Gasteiger partial charge in [0.1, 0.15) is 24.4 Å². The Kier molecular flexibility index (Phi) is 6.34. The molecule has 0 spiro atoms. The van der Waals surface area contributed by atoms with Crippen LogP contribution in [-0.4, -0.2) is 83.3 Å². The van der Waals surface area contributed by atoms with E-state index in [0.717, 1.165) is 11.3 Å². The number of hydrogen-bond donors (Lipinski definition) is 4. The summed E-state index contributed by atoms with van der Waals surface area (Å²) in [5.74, 6) is -3.49. The van der Waals surface area contributed by atoms with Gasteiger partial charge in [-0.15, -0.1) is 21.5 Å². The number of carbonyl (C=O) groups excluding carboxylic acids is 2. The molecule has 33 heavy (non-hydrogen) atoms. The molecule has 2 atom stereocenters. The van der Waals surface area contributed by atoms with Crippen molar-refractivity contribution < 1.29 is 37.3 Å². The molecule has 0 radical (unpaired) electrons. The quantitative estimate of drug-likeness (QED) is 0.127. The van der Waals surface area contributed by atoms with E-state index in [2.05, 4.69) is 25.7 Å². The van der Waals surface area contributed by atoms with Crippen LogP contribution in [0.4, 0.5) is 5.13 Å². The molecule has 16 nitrogen and oxygen atoms in total. The summed E-state index contributed by atoms with van der Waals surface area (Å²) < 4.78 is 34.2. The zero-order valence-electron chi connectivity index (χ0n) is 17.0. The second-order valence-corrected chi connectivity index (χ2v) is 9.39. The number of rotatable bonds is 9. The lowest BCUT2D eigenvalue weighted by atomic mass is 9.98. The van der Waals surface area contributed by atoms with Crippen molar-refractivity contribution in [2.24, 2.45) is 5.16 Å². The average molecular weight is 502 g/mol. The highest BCUT2D eigenvalue weighted by atomic mass is 32.2. The monoisotopic (exact) mass is 502 g/mol. The van der Waals surface area contributed by atoms with Crippen LogP contribution in [-0.2, 0) is 36.1 Å². The fourth-order valence-electron chi connectivity index (χ4n) is 2.68. The Morgan fingerprint density at radius 3 is 2.52 bits per heavy atom. The van der Waals surface area contributed by atoms with Crippen molar-refractivity contribution in [2.45, 2.75) is 38.1 Å². The van der Waals surface area contributed by atoms with E-state index in [1.54, 1.807) is 0 Å². The number of hydrogen-bond acceptors (Lipinski definition) is 12. The molecular weight excluding hydrogens is 484 g/mol. The maximum absolute atomic E-state index is 12.9. The van der Waals surface area contributed by atoms with Crippen molar-refractivity contribution in [2.75, 3.05) is 5.73 Å². The summed E-state index contributed by atoms with van der Waals surface area (Å²) in [5.41, 5.74) is 3.21. The fourth-order valence-corrected chi connectivity index (χ4v) is 4.10. The van der Waals surface area contributed by atoms with E-state index in [4.69, 9.17) is 10.6 Å². The molecule has 0 saturated carbocycles. The number of β-lactam (4-membered cyclic amide) rings is 1. The third-order valence-corrected chi connectivity index (χ3v) is 6.05. The van der Waals surface area contributed by atoms with Crippen LogP contribution in [0.25, 0.3) is 0 Å². The van der Waals surface area contributed by atoms with Gasteiger partial charge in [-0.2, -0.15) is 8.42 Å². The number of carboxylic acid groups (broad SMARTS) is 1. The predicted octanol–water partition coefficient (Wildman–Crippen LogP) is -1.90. The van der Waals surface area contributed by atoms with Crippen molar-refractivity contribution >= 4 is 50.3 Å². The normalized spacial score (nSPS) is 19.2. The maximum atomic E-state index is 12.9. The van der Waals surface area contributed by atoms with Gasteiger partial charge in [0.2, 0.25) is 5.60 Å². The molecule has 0 aromatic carbocycles. The van der Waals surface area contributed by atoms with Crippen LogP contribution in [0.15, 0.2) is 23.2 Å². The van der Waals surface area contributed by atoms with Crippen molar-refractivity contribution in [1.29, 1.82) is 0 Å². The number of carboxylic acids is 1. The molecule has 18 heteroatoms. The lowest BCUT2D eigenvalue weighted by Crippen LogP contribution is -2.73. The van der Waals surface area contributed by atoms with E-state index in [-0.39, 0.29) is 21.7 Å². The summed E-state index contributed by atoms with van der Waals surface area (Å²) in [6, 6.07) is -2.61. The van der Waals surface area contributed by atoms with Crippen molar-refractivity contribution in [3.05, 3.63) is 23.7 Å². The van der Waals surface area contributed by atoms with Gasteiger partial charge in [0.25, 0.3) is 11.8 Å². The maximum Gasteiger partial charge on any atom is 0.362 e. The predicted molar refractivity (Wildman–Crippen MR) is 110 cm³/mol. The van der Waals surface area contributed by atoms with E-state index in [9.17, 15) is 32.5 Å². The number of nitrogen functional groups attached to an aromatic ring is 1. The van der Waals surface area contributed by atoms with Crippen LogP contribution in [0.5, 0.6) is 0 Å². The van der Waals surface area contributed by atoms with Gasteiger partial charge in [0, 0.05) is 11.9 Å². The average Bonchev–Trinajstić information content (AvgIpc) is 3.36. The number of nitrogens with zero attached hydrogens (tertiary/aromatic N) is 6. The lowest BCUT2D eigenvalue weighted by molar-refractivity contribution is -0.161. The third kappa shape index (κ3) is 5.07. The smallest absolute Gasteiger partial charge is 0.362 e. The highest BCUT2D eigenvalue weighted by Crippen LogP contribution is 2.25. The zero-order valence-corrected chi connectivity index (χ0v) is 18.6. The summed E-state index contributed by atoms with van der Waals surface area (Å²) in [6.07, 6.45) is 2.49. The first-order chi connectivity index (χ1) is 15.3. The molecule has 3 heterocycles. The zero-order chi connectivity index (χ0) is 24.6. The topological polar surface area (TPSA) is 232 Å². The summed E-state index contributed by atoms with van der Waals surface area (Å²) in [6.45, 7) is 2.21. The van der Waals surface area contributed by atoms with Gasteiger partial charge in [-0.25, -0.2) is 14.1 Å². The van der Waals surface area contributed by atoms with Crippen molar-refractivity contribution in [3.8, 4) is 0 Å². The fraction of sp³-hybridized carbons (Fsp3) is 0.400. The van der Waals surface area contributed by atoms with Gasteiger partial charge < -0.3 is 25.6 Å². The van der Waals surface area contributed by atoms with Crippen LogP contribution in [0.1, 0.15) is 19.5 Å². The molecular formula is C15H18N8O8S2. The van der Waals surface area contributed by atoms with Gasteiger partial charge in [-0.3, -0.25) is 14.1 Å². The summed E-state index contributed by atoms with van der Waals surface area (Å²) >= 11 is 0.965. The van der Waals surface area contributed by atoms with Crippen molar-refractivity contribution in [3.63, 3.8) is 0 Å². The van der Waals surface area contributed by atoms with Gasteiger partial charge in [-0.1, -0.05) is 5.16 Å². The molecule has 1 aliphatic heterocycles. The number of aromatic nitrogens is 4. The van der Waals surface area contributed by atoms with Gasteiger partial charge in [0.05, 0.1) is 6.04 Å².